The first-order valence-electron chi connectivity index (χ1n) is 8.69. The van der Waals surface area contributed by atoms with Crippen molar-refractivity contribution in [3.8, 4) is 11.4 Å². The lowest BCUT2D eigenvalue weighted by atomic mass is 10.1. The average Bonchev–Trinajstić information content (AvgIpc) is 3.36. The van der Waals surface area contributed by atoms with Crippen LogP contribution in [0.1, 0.15) is 29.3 Å². The minimum Gasteiger partial charge on any atom is -0.357 e. The summed E-state index contributed by atoms with van der Waals surface area (Å²) in [6, 6.07) is 8.14. The molecule has 27 heavy (non-hydrogen) atoms. The number of H-pyrrole nitrogens is 1. The van der Waals surface area contributed by atoms with Gasteiger partial charge in [0.25, 0.3) is 0 Å². The zero-order valence-corrected chi connectivity index (χ0v) is 18.5. The Kier molecular flexibility index (Phi) is 8.65. The Bertz CT molecular complexity index is 845. The van der Waals surface area contributed by atoms with E-state index in [1.807, 2.05) is 18.3 Å². The van der Waals surface area contributed by atoms with Crippen molar-refractivity contribution >= 4 is 41.3 Å². The topological polar surface area (TPSA) is 90.9 Å². The summed E-state index contributed by atoms with van der Waals surface area (Å²) >= 11 is 1.74. The first-order valence-corrected chi connectivity index (χ1v) is 9.50. The number of aromatic amines is 1. The fraction of sp³-hybridized carbons (Fsp3) is 0.333. The quantitative estimate of drug-likeness (QED) is 0.265. The van der Waals surface area contributed by atoms with Gasteiger partial charge in [0, 0.05) is 23.2 Å². The lowest BCUT2D eigenvalue weighted by Gasteiger charge is -2.10. The third-order valence-corrected chi connectivity index (χ3v) is 4.88. The van der Waals surface area contributed by atoms with Gasteiger partial charge in [0.05, 0.1) is 13.1 Å². The van der Waals surface area contributed by atoms with E-state index in [0.717, 1.165) is 40.9 Å². The molecular weight excluding hydrogens is 473 g/mol. The number of aryl methyl sites for hydroxylation is 1. The molecule has 0 unspecified atom stereocenters. The van der Waals surface area contributed by atoms with Crippen LogP contribution in [0.15, 0.2) is 41.8 Å². The molecule has 0 radical (unpaired) electrons. The van der Waals surface area contributed by atoms with Crippen molar-refractivity contribution in [2.24, 2.45) is 4.99 Å². The van der Waals surface area contributed by atoms with Crippen LogP contribution in [0.4, 0.5) is 0 Å². The molecule has 0 aliphatic carbocycles. The molecule has 0 aliphatic rings. The van der Waals surface area contributed by atoms with E-state index in [9.17, 15) is 0 Å². The Morgan fingerprint density at radius 2 is 2.11 bits per heavy atom. The zero-order chi connectivity index (χ0) is 18.2. The third-order valence-electron chi connectivity index (χ3n) is 3.74. The number of hydrogen-bond donors (Lipinski definition) is 3. The van der Waals surface area contributed by atoms with Gasteiger partial charge in [-0.1, -0.05) is 25.1 Å². The fourth-order valence-electron chi connectivity index (χ4n) is 2.43. The van der Waals surface area contributed by atoms with Crippen molar-refractivity contribution in [3.63, 3.8) is 0 Å². The van der Waals surface area contributed by atoms with Crippen molar-refractivity contribution in [2.45, 2.75) is 33.4 Å². The predicted molar refractivity (Wildman–Crippen MR) is 120 cm³/mol. The lowest BCUT2D eigenvalue weighted by molar-refractivity contribution is 0.811. The molecule has 144 valence electrons. The highest BCUT2D eigenvalue weighted by atomic mass is 127. The Morgan fingerprint density at radius 3 is 2.81 bits per heavy atom. The van der Waals surface area contributed by atoms with Crippen LogP contribution in [-0.4, -0.2) is 32.7 Å². The summed E-state index contributed by atoms with van der Waals surface area (Å²) in [6.45, 7) is 6.26. The van der Waals surface area contributed by atoms with Crippen LogP contribution in [0.3, 0.4) is 0 Å². The van der Waals surface area contributed by atoms with Gasteiger partial charge in [0.15, 0.2) is 11.8 Å². The highest BCUT2D eigenvalue weighted by molar-refractivity contribution is 14.0. The Morgan fingerprint density at radius 1 is 1.22 bits per heavy atom. The monoisotopic (exact) mass is 497 g/mol. The normalized spacial score (nSPS) is 11.1. The number of hydrogen-bond acceptors (Lipinski definition) is 5. The van der Waals surface area contributed by atoms with Gasteiger partial charge in [-0.25, -0.2) is 15.0 Å². The molecule has 0 fully saturated rings. The number of guanidine groups is 1. The van der Waals surface area contributed by atoms with Crippen molar-refractivity contribution in [3.05, 3.63) is 52.2 Å². The van der Waals surface area contributed by atoms with E-state index in [1.165, 1.54) is 11.2 Å². The molecule has 1 aromatic carbocycles. The molecule has 0 atom stereocenters. The first-order chi connectivity index (χ1) is 12.8. The van der Waals surface area contributed by atoms with Gasteiger partial charge in [-0.3, -0.25) is 5.10 Å². The molecule has 3 N–H and O–H groups in total. The second-order valence-electron chi connectivity index (χ2n) is 5.66. The Balaban J connectivity index is 0.00000261. The zero-order valence-electron chi connectivity index (χ0n) is 15.4. The van der Waals surface area contributed by atoms with Gasteiger partial charge in [-0.2, -0.15) is 5.10 Å². The fourth-order valence-corrected chi connectivity index (χ4v) is 3.23. The molecule has 0 amide bonds. The van der Waals surface area contributed by atoms with Gasteiger partial charge in [0.1, 0.15) is 11.3 Å². The second kappa shape index (κ2) is 11.0. The van der Waals surface area contributed by atoms with E-state index in [0.29, 0.717) is 13.1 Å². The van der Waals surface area contributed by atoms with E-state index in [1.54, 1.807) is 11.3 Å². The van der Waals surface area contributed by atoms with Crippen molar-refractivity contribution in [2.75, 3.05) is 6.54 Å². The molecule has 3 rings (SSSR count). The molecule has 0 bridgehead atoms. The Hall–Kier alpha value is -2.01. The van der Waals surface area contributed by atoms with Crippen LogP contribution in [0, 0.1) is 0 Å². The smallest absolute Gasteiger partial charge is 0.191 e. The lowest BCUT2D eigenvalue weighted by Crippen LogP contribution is -2.36. The van der Waals surface area contributed by atoms with E-state index in [2.05, 4.69) is 61.8 Å². The maximum absolute atomic E-state index is 4.67. The number of aliphatic imine (C=N–C) groups is 1. The molecule has 2 aromatic heterocycles. The van der Waals surface area contributed by atoms with Crippen LogP contribution in [0.5, 0.6) is 0 Å². The number of nitrogens with zero attached hydrogens (tertiary/aromatic N) is 4. The maximum atomic E-state index is 4.67. The number of rotatable bonds is 7. The van der Waals surface area contributed by atoms with Crippen LogP contribution >= 0.6 is 35.3 Å². The van der Waals surface area contributed by atoms with Crippen LogP contribution in [-0.2, 0) is 19.5 Å². The predicted octanol–water partition coefficient (Wildman–Crippen LogP) is 3.36. The van der Waals surface area contributed by atoms with Gasteiger partial charge < -0.3 is 10.6 Å². The van der Waals surface area contributed by atoms with Crippen molar-refractivity contribution in [1.29, 1.82) is 0 Å². The second-order valence-corrected chi connectivity index (χ2v) is 6.86. The maximum Gasteiger partial charge on any atom is 0.191 e. The van der Waals surface area contributed by atoms with E-state index in [-0.39, 0.29) is 24.0 Å². The molecule has 7 nitrogen and oxygen atoms in total. The van der Waals surface area contributed by atoms with E-state index < -0.39 is 0 Å². The average molecular weight is 497 g/mol. The summed E-state index contributed by atoms with van der Waals surface area (Å²) in [5.41, 5.74) is 2.11. The number of benzene rings is 1. The SMILES string of the molecule is CCNC(=NCc1cccc(-c2ncn[nH]2)c1)NCc1ncc(CC)s1.I. The highest BCUT2D eigenvalue weighted by Gasteiger charge is 2.04. The molecule has 0 spiro atoms. The minimum absolute atomic E-state index is 0. The van der Waals surface area contributed by atoms with Gasteiger partial charge in [0.2, 0.25) is 0 Å². The summed E-state index contributed by atoms with van der Waals surface area (Å²) in [7, 11) is 0. The number of nitrogens with one attached hydrogen (secondary N) is 3. The number of thiazole rings is 1. The summed E-state index contributed by atoms with van der Waals surface area (Å²) in [6.07, 6.45) is 4.48. The van der Waals surface area contributed by atoms with Crippen molar-refractivity contribution < 1.29 is 0 Å². The third kappa shape index (κ3) is 6.28. The van der Waals surface area contributed by atoms with Crippen LogP contribution in [0.2, 0.25) is 0 Å². The standard InChI is InChI=1S/C18H23N7S.HI/c1-3-15-10-20-16(26-15)11-22-18(19-4-2)21-9-13-6-5-7-14(8-13)17-23-12-24-25-17;/h5-8,10,12H,3-4,9,11H2,1-2H3,(H2,19,21,22)(H,23,24,25);1H. The molecule has 0 aliphatic heterocycles. The van der Waals surface area contributed by atoms with Crippen LogP contribution < -0.4 is 10.6 Å². The molecular formula is C18H24IN7S. The van der Waals surface area contributed by atoms with Crippen molar-refractivity contribution in [1.82, 2.24) is 30.8 Å². The van der Waals surface area contributed by atoms with Crippen LogP contribution in [0.25, 0.3) is 11.4 Å². The molecule has 0 saturated carbocycles. The minimum atomic E-state index is 0. The highest BCUT2D eigenvalue weighted by Crippen LogP contribution is 2.16. The molecule has 3 aromatic rings. The summed E-state index contributed by atoms with van der Waals surface area (Å²) in [5.74, 6) is 1.54. The van der Waals surface area contributed by atoms with E-state index >= 15 is 0 Å². The molecule has 9 heteroatoms. The van der Waals surface area contributed by atoms with Gasteiger partial charge >= 0.3 is 0 Å². The first kappa shape index (κ1) is 21.3. The summed E-state index contributed by atoms with van der Waals surface area (Å²) < 4.78 is 0. The molecule has 0 saturated heterocycles. The van der Waals surface area contributed by atoms with Gasteiger partial charge in [-0.15, -0.1) is 35.3 Å². The molecule has 2 heterocycles. The van der Waals surface area contributed by atoms with E-state index in [4.69, 9.17) is 0 Å². The Labute approximate surface area is 180 Å². The number of halogens is 1. The largest absolute Gasteiger partial charge is 0.357 e. The summed E-state index contributed by atoms with van der Waals surface area (Å²) in [5, 5.41) is 14.5. The van der Waals surface area contributed by atoms with Gasteiger partial charge in [-0.05, 0) is 25.0 Å². The number of aromatic nitrogens is 4. The summed E-state index contributed by atoms with van der Waals surface area (Å²) in [4.78, 5) is 14.6.